The van der Waals surface area contributed by atoms with E-state index in [-0.39, 0.29) is 5.91 Å². The summed E-state index contributed by atoms with van der Waals surface area (Å²) in [5.74, 6) is -0.651. The van der Waals surface area contributed by atoms with Gasteiger partial charge in [0.1, 0.15) is 5.54 Å². The molecule has 0 aromatic heterocycles. The van der Waals surface area contributed by atoms with Crippen molar-refractivity contribution in [2.24, 2.45) is 5.92 Å². The van der Waals surface area contributed by atoms with E-state index in [0.29, 0.717) is 37.9 Å². The third-order valence-corrected chi connectivity index (χ3v) is 4.56. The molecule has 0 unspecified atom stereocenters. The number of carboxylic acids is 1. The summed E-state index contributed by atoms with van der Waals surface area (Å²) < 4.78 is 5.47. The van der Waals surface area contributed by atoms with E-state index in [1.54, 1.807) is 0 Å². The monoisotopic (exact) mass is 283 g/mol. The molecule has 0 aromatic carbocycles. The van der Waals surface area contributed by atoms with Gasteiger partial charge in [-0.15, -0.1) is 0 Å². The Balaban J connectivity index is 1.79. The van der Waals surface area contributed by atoms with Crippen molar-refractivity contribution in [3.8, 4) is 0 Å². The summed E-state index contributed by atoms with van der Waals surface area (Å²) in [7, 11) is 0. The highest BCUT2D eigenvalue weighted by atomic mass is 16.5. The molecule has 2 saturated carbocycles. The van der Waals surface area contributed by atoms with Gasteiger partial charge >= 0.3 is 5.97 Å². The van der Waals surface area contributed by atoms with Gasteiger partial charge in [0.2, 0.25) is 5.91 Å². The van der Waals surface area contributed by atoms with Gasteiger partial charge in [0.05, 0.1) is 6.10 Å². The van der Waals surface area contributed by atoms with Crippen molar-refractivity contribution in [1.82, 2.24) is 5.32 Å². The van der Waals surface area contributed by atoms with Crippen molar-refractivity contribution >= 4 is 11.9 Å². The molecule has 2 aliphatic carbocycles. The van der Waals surface area contributed by atoms with Gasteiger partial charge in [-0.3, -0.25) is 4.79 Å². The summed E-state index contributed by atoms with van der Waals surface area (Å²) in [4.78, 5) is 23.6. The Labute approximate surface area is 120 Å². The Kier molecular flexibility index (Phi) is 5.02. The van der Waals surface area contributed by atoms with Crippen molar-refractivity contribution in [3.05, 3.63) is 0 Å². The topological polar surface area (TPSA) is 75.6 Å². The van der Waals surface area contributed by atoms with Gasteiger partial charge in [0.25, 0.3) is 0 Å². The largest absolute Gasteiger partial charge is 0.480 e. The first-order chi connectivity index (χ1) is 9.55. The van der Waals surface area contributed by atoms with Crippen LogP contribution in [0.2, 0.25) is 0 Å². The molecule has 0 saturated heterocycles. The third kappa shape index (κ3) is 3.51. The number of aliphatic carboxylic acids is 1. The van der Waals surface area contributed by atoms with Crippen LogP contribution in [0, 0.1) is 5.92 Å². The van der Waals surface area contributed by atoms with E-state index in [1.807, 2.05) is 6.92 Å². The minimum atomic E-state index is -1.02. The van der Waals surface area contributed by atoms with Gasteiger partial charge in [-0.25, -0.2) is 4.79 Å². The molecule has 2 N–H and O–H groups in total. The maximum Gasteiger partial charge on any atom is 0.329 e. The van der Waals surface area contributed by atoms with E-state index in [4.69, 9.17) is 4.74 Å². The van der Waals surface area contributed by atoms with Crippen LogP contribution in [0.25, 0.3) is 0 Å². The molecule has 0 aromatic rings. The number of hydrogen-bond donors (Lipinski definition) is 2. The van der Waals surface area contributed by atoms with E-state index in [9.17, 15) is 14.7 Å². The molecule has 114 valence electrons. The molecule has 2 aliphatic rings. The molecule has 0 radical (unpaired) electrons. The lowest BCUT2D eigenvalue weighted by atomic mass is 9.78. The van der Waals surface area contributed by atoms with Crippen LogP contribution in [0.4, 0.5) is 0 Å². The Morgan fingerprint density at radius 1 is 1.25 bits per heavy atom. The summed E-state index contributed by atoms with van der Waals surface area (Å²) in [6, 6.07) is 0. The van der Waals surface area contributed by atoms with Gasteiger partial charge < -0.3 is 15.2 Å². The fraction of sp³-hybridized carbons (Fsp3) is 0.867. The zero-order chi connectivity index (χ0) is 14.6. The van der Waals surface area contributed by atoms with E-state index >= 15 is 0 Å². The molecule has 5 heteroatoms. The van der Waals surface area contributed by atoms with Crippen LogP contribution in [0.15, 0.2) is 0 Å². The number of carbonyl (C=O) groups excluding carboxylic acids is 1. The number of amides is 1. The molecule has 0 heterocycles. The minimum absolute atomic E-state index is 0.116. The maximum atomic E-state index is 12.1. The average Bonchev–Trinajstić information content (AvgIpc) is 2.37. The smallest absolute Gasteiger partial charge is 0.329 e. The number of carboxylic acid groups (broad SMARTS) is 1. The van der Waals surface area contributed by atoms with Crippen molar-refractivity contribution in [2.75, 3.05) is 6.61 Å². The number of ether oxygens (including phenoxy) is 1. The van der Waals surface area contributed by atoms with Crippen molar-refractivity contribution < 1.29 is 19.4 Å². The lowest BCUT2D eigenvalue weighted by molar-refractivity contribution is -0.149. The molecule has 0 spiro atoms. The fourth-order valence-electron chi connectivity index (χ4n) is 3.34. The van der Waals surface area contributed by atoms with Crippen LogP contribution in [0.3, 0.4) is 0 Å². The molecular weight excluding hydrogens is 258 g/mol. The Morgan fingerprint density at radius 3 is 2.45 bits per heavy atom. The van der Waals surface area contributed by atoms with Crippen molar-refractivity contribution in [2.45, 2.75) is 69.9 Å². The Morgan fingerprint density at radius 2 is 1.90 bits per heavy atom. The van der Waals surface area contributed by atoms with Gasteiger partial charge in [0, 0.05) is 13.0 Å². The predicted octanol–water partition coefficient (Wildman–Crippen LogP) is 2.10. The first-order valence-corrected chi connectivity index (χ1v) is 7.72. The highest BCUT2D eigenvalue weighted by Gasteiger charge is 2.41. The van der Waals surface area contributed by atoms with Gasteiger partial charge in [0.15, 0.2) is 0 Å². The highest BCUT2D eigenvalue weighted by molar-refractivity contribution is 5.87. The molecule has 0 bridgehead atoms. The number of hydrogen-bond acceptors (Lipinski definition) is 3. The Bertz CT molecular complexity index is 357. The second-order valence-electron chi connectivity index (χ2n) is 6.12. The van der Waals surface area contributed by atoms with E-state index in [2.05, 4.69) is 5.32 Å². The second-order valence-corrected chi connectivity index (χ2v) is 6.12. The van der Waals surface area contributed by atoms with Crippen LogP contribution in [0.5, 0.6) is 0 Å². The summed E-state index contributed by atoms with van der Waals surface area (Å²) >= 11 is 0. The van der Waals surface area contributed by atoms with Gasteiger partial charge in [-0.05, 0) is 38.5 Å². The number of rotatable bonds is 6. The minimum Gasteiger partial charge on any atom is -0.480 e. The van der Waals surface area contributed by atoms with Crippen LogP contribution in [-0.2, 0) is 14.3 Å². The van der Waals surface area contributed by atoms with Gasteiger partial charge in [-0.2, -0.15) is 0 Å². The predicted molar refractivity (Wildman–Crippen MR) is 74.3 cm³/mol. The first-order valence-electron chi connectivity index (χ1n) is 7.72. The lowest BCUT2D eigenvalue weighted by Crippen LogP contribution is -2.56. The van der Waals surface area contributed by atoms with Crippen LogP contribution < -0.4 is 5.32 Å². The van der Waals surface area contributed by atoms with Crippen LogP contribution in [0.1, 0.15) is 58.3 Å². The summed E-state index contributed by atoms with van der Waals surface area (Å²) in [5.41, 5.74) is -1.02. The molecule has 2 fully saturated rings. The molecule has 0 aliphatic heterocycles. The molecule has 5 nitrogen and oxygen atoms in total. The van der Waals surface area contributed by atoms with Crippen molar-refractivity contribution in [1.29, 1.82) is 0 Å². The number of carbonyl (C=O) groups is 2. The zero-order valence-corrected chi connectivity index (χ0v) is 12.2. The fourth-order valence-corrected chi connectivity index (χ4v) is 3.34. The van der Waals surface area contributed by atoms with Crippen LogP contribution >= 0.6 is 0 Å². The molecule has 1 amide bonds. The van der Waals surface area contributed by atoms with Crippen LogP contribution in [-0.4, -0.2) is 35.2 Å². The van der Waals surface area contributed by atoms with E-state index in [1.165, 1.54) is 0 Å². The van der Waals surface area contributed by atoms with Gasteiger partial charge in [-0.1, -0.05) is 19.3 Å². The first kappa shape index (κ1) is 15.3. The van der Waals surface area contributed by atoms with E-state index in [0.717, 1.165) is 32.1 Å². The standard InChI is InChI=1S/C15H25NO4/c1-2-20-12-8-11(9-12)10-13(17)16-15(14(18)19)6-4-3-5-7-15/h11-12H,2-10H2,1H3,(H,16,17)(H,18,19). The SMILES string of the molecule is CCOC1CC(CC(=O)NC2(C(=O)O)CCCCC2)C1. The maximum absolute atomic E-state index is 12.1. The van der Waals surface area contributed by atoms with Crippen molar-refractivity contribution in [3.63, 3.8) is 0 Å². The second kappa shape index (κ2) is 6.57. The summed E-state index contributed by atoms with van der Waals surface area (Å²) in [6.07, 6.45) is 6.48. The molecular formula is C15H25NO4. The average molecular weight is 283 g/mol. The normalized spacial score (nSPS) is 28.4. The lowest BCUT2D eigenvalue weighted by Gasteiger charge is -2.37. The zero-order valence-electron chi connectivity index (χ0n) is 12.2. The molecule has 2 rings (SSSR count). The Hall–Kier alpha value is -1.10. The quantitative estimate of drug-likeness (QED) is 0.782. The third-order valence-electron chi connectivity index (χ3n) is 4.56. The number of nitrogens with one attached hydrogen (secondary N) is 1. The van der Waals surface area contributed by atoms with E-state index < -0.39 is 11.5 Å². The summed E-state index contributed by atoms with van der Waals surface area (Å²) in [6.45, 7) is 2.69. The molecule has 0 atom stereocenters. The summed E-state index contributed by atoms with van der Waals surface area (Å²) in [5, 5.41) is 12.2. The highest BCUT2D eigenvalue weighted by Crippen LogP contribution is 2.34. The molecule has 20 heavy (non-hydrogen) atoms.